The van der Waals surface area contributed by atoms with E-state index < -0.39 is 29.8 Å². The van der Waals surface area contributed by atoms with Gasteiger partial charge in [-0.1, -0.05) is 73.7 Å². The summed E-state index contributed by atoms with van der Waals surface area (Å²) in [4.78, 5) is 25.2. The molecule has 60 heavy (non-hydrogen) atoms. The van der Waals surface area contributed by atoms with Gasteiger partial charge < -0.3 is 46.7 Å². The van der Waals surface area contributed by atoms with Crippen LogP contribution in [0.1, 0.15) is 93.9 Å². The number of ether oxygens (including phenoxy) is 2. The molecule has 2 N–H and O–H groups in total. The van der Waals surface area contributed by atoms with Gasteiger partial charge in [0.05, 0.1) is 25.4 Å². The second-order valence-electron chi connectivity index (χ2n) is 12.5. The van der Waals surface area contributed by atoms with Crippen LogP contribution in [-0.4, -0.2) is 119 Å². The Bertz CT molecular complexity index is 1210. The number of amides is 2. The molecule has 2 heterocycles. The zero-order chi connectivity index (χ0) is 43.9. The molecule has 0 aromatic rings. The lowest BCUT2D eigenvalue weighted by molar-refractivity contribution is 0.0699. The summed E-state index contributed by atoms with van der Waals surface area (Å²) >= 11 is 14.8. The van der Waals surface area contributed by atoms with Gasteiger partial charge in [0.25, 0.3) is 0 Å². The Hall–Kier alpha value is 0.754. The molecule has 0 saturated heterocycles. The van der Waals surface area contributed by atoms with Crippen molar-refractivity contribution in [3.63, 3.8) is 0 Å². The van der Waals surface area contributed by atoms with Crippen LogP contribution in [0.4, 0.5) is 9.59 Å². The third-order valence-electron chi connectivity index (χ3n) is 7.85. The summed E-state index contributed by atoms with van der Waals surface area (Å²) < 4.78 is 54.5. The Morgan fingerprint density at radius 2 is 0.767 bits per heavy atom. The summed E-state index contributed by atoms with van der Waals surface area (Å²) in [5.41, 5.74) is 0. The lowest BCUT2D eigenvalue weighted by atomic mass is 10.4. The fourth-order valence-electron chi connectivity index (χ4n) is 5.32. The number of alkyl carbamates (subject to hydrolysis) is 2. The highest BCUT2D eigenvalue weighted by Gasteiger charge is 2.40. The topological polar surface area (TPSA) is 132 Å². The standard InChI is InChI=1S/C38H70N2O10S8Si2/c1-9-17-25-51-31-32(52-26-18-10-2)56-35(55-31)36-57-33(53-27-23-43-37(41)39-21-19-29-59(45-11-3,46-12-4)47-13-5)34(58-36)54-28-24-44-38(42)40-22-20-30-60(48-14-6,49-15-7)50-16-8/h9-30H2,1-8H3,(H,39,41)(H,40,42). The number of hydrogen-bond acceptors (Lipinski definition) is 18. The van der Waals surface area contributed by atoms with Crippen LogP contribution < -0.4 is 10.6 Å². The van der Waals surface area contributed by atoms with Gasteiger partial charge in [0.15, 0.2) is 0 Å². The maximum atomic E-state index is 12.6. The highest BCUT2D eigenvalue weighted by atomic mass is 32.3. The average molecular weight is 1030 g/mol. The zero-order valence-electron chi connectivity index (χ0n) is 36.9. The molecule has 0 aromatic carbocycles. The lowest BCUT2D eigenvalue weighted by Crippen LogP contribution is -2.46. The highest BCUT2D eigenvalue weighted by molar-refractivity contribution is 8.45. The highest BCUT2D eigenvalue weighted by Crippen LogP contribution is 2.66. The van der Waals surface area contributed by atoms with E-state index in [-0.39, 0.29) is 13.2 Å². The third kappa shape index (κ3) is 22.8. The van der Waals surface area contributed by atoms with Gasteiger partial charge in [0.1, 0.15) is 13.2 Å². The van der Waals surface area contributed by atoms with Gasteiger partial charge in [0.2, 0.25) is 0 Å². The van der Waals surface area contributed by atoms with Crippen LogP contribution >= 0.6 is 94.1 Å². The monoisotopic (exact) mass is 1030 g/mol. The Morgan fingerprint density at radius 3 is 1.05 bits per heavy atom. The number of rotatable bonds is 36. The van der Waals surface area contributed by atoms with Crippen molar-refractivity contribution >= 4 is 124 Å². The largest absolute Gasteiger partial charge is 0.500 e. The molecule has 0 aliphatic carbocycles. The number of nitrogens with one attached hydrogen (secondary N) is 2. The van der Waals surface area contributed by atoms with Crippen molar-refractivity contribution in [1.82, 2.24) is 10.6 Å². The molecule has 2 aliphatic rings. The fourth-order valence-corrected chi connectivity index (χ4v) is 22.6. The molecular formula is C38H70N2O10S8Si2. The summed E-state index contributed by atoms with van der Waals surface area (Å²) in [6, 6.07) is 1.25. The van der Waals surface area contributed by atoms with E-state index in [1.54, 1.807) is 47.0 Å². The van der Waals surface area contributed by atoms with Crippen LogP contribution in [0, 0.1) is 0 Å². The van der Waals surface area contributed by atoms with Crippen molar-refractivity contribution < 1.29 is 45.6 Å². The van der Waals surface area contributed by atoms with E-state index in [1.807, 2.05) is 88.6 Å². The molecular weight excluding hydrogens is 957 g/mol. The van der Waals surface area contributed by atoms with Crippen molar-refractivity contribution in [3.05, 3.63) is 25.4 Å². The first kappa shape index (κ1) is 56.9. The molecule has 2 rings (SSSR count). The van der Waals surface area contributed by atoms with E-state index in [0.29, 0.717) is 89.2 Å². The summed E-state index contributed by atoms with van der Waals surface area (Å²) in [6.07, 6.45) is 5.26. The van der Waals surface area contributed by atoms with Gasteiger partial charge >= 0.3 is 29.8 Å². The number of carbonyl (C=O) groups is 2. The van der Waals surface area contributed by atoms with Crippen molar-refractivity contribution in [2.75, 3.05) is 89.0 Å². The Labute approximate surface area is 397 Å². The Balaban J connectivity index is 1.98. The van der Waals surface area contributed by atoms with Crippen molar-refractivity contribution in [3.8, 4) is 0 Å². The summed E-state index contributed by atoms with van der Waals surface area (Å²) in [5.74, 6) is 3.50. The summed E-state index contributed by atoms with van der Waals surface area (Å²) in [6.45, 7) is 20.7. The van der Waals surface area contributed by atoms with Crippen LogP contribution in [0.15, 0.2) is 25.4 Å². The second-order valence-corrected chi connectivity index (χ2v) is 28.0. The van der Waals surface area contributed by atoms with Gasteiger partial charge in [-0.25, -0.2) is 9.59 Å². The Kier molecular flexibility index (Phi) is 33.2. The zero-order valence-corrected chi connectivity index (χ0v) is 45.4. The van der Waals surface area contributed by atoms with Crippen LogP contribution in [0.3, 0.4) is 0 Å². The maximum absolute atomic E-state index is 12.6. The first-order chi connectivity index (χ1) is 29.2. The molecule has 348 valence electrons. The number of carbonyl (C=O) groups excluding carboxylic acids is 2. The van der Waals surface area contributed by atoms with E-state index in [1.165, 1.54) is 51.1 Å². The van der Waals surface area contributed by atoms with E-state index >= 15 is 0 Å². The van der Waals surface area contributed by atoms with Crippen LogP contribution in [0.5, 0.6) is 0 Å². The first-order valence-electron chi connectivity index (χ1n) is 21.3. The van der Waals surface area contributed by atoms with Gasteiger partial charge in [-0.05, 0) is 78.7 Å². The van der Waals surface area contributed by atoms with Gasteiger partial charge in [-0.15, -0.1) is 47.0 Å². The fraction of sp³-hybridized carbons (Fsp3) is 0.789. The minimum absolute atomic E-state index is 0.276. The number of thioether (sulfide) groups is 8. The first-order valence-corrected chi connectivity index (χ1v) is 32.3. The minimum Gasteiger partial charge on any atom is -0.449 e. The van der Waals surface area contributed by atoms with Gasteiger partial charge in [-0.2, -0.15) is 0 Å². The van der Waals surface area contributed by atoms with Crippen LogP contribution in [0.25, 0.3) is 0 Å². The number of unbranched alkanes of at least 4 members (excludes halogenated alkanes) is 2. The molecule has 0 atom stereocenters. The second kappa shape index (κ2) is 35.0. The van der Waals surface area contributed by atoms with Crippen molar-refractivity contribution in [2.24, 2.45) is 0 Å². The molecule has 0 fully saturated rings. The SMILES string of the molecule is CCCCSC1=C(SCCCC)SC(=C2SC(SCCOC(=O)NCCC[Si](OCC)(OCC)OCC)=C(SCCOC(=O)NCCC[Si](OCC)(OCC)OCC)S2)S1. The summed E-state index contributed by atoms with van der Waals surface area (Å²) in [5, 5.41) is 5.73. The van der Waals surface area contributed by atoms with Crippen molar-refractivity contribution in [1.29, 1.82) is 0 Å². The predicted octanol–water partition coefficient (Wildman–Crippen LogP) is 12.2. The lowest BCUT2D eigenvalue weighted by Gasteiger charge is -2.28. The van der Waals surface area contributed by atoms with Gasteiger partial charge in [-0.3, -0.25) is 0 Å². The molecule has 0 unspecified atom stereocenters. The smallest absolute Gasteiger partial charge is 0.449 e. The van der Waals surface area contributed by atoms with Gasteiger partial charge in [0, 0.05) is 76.3 Å². The van der Waals surface area contributed by atoms with Crippen LogP contribution in [-0.2, 0) is 36.0 Å². The van der Waals surface area contributed by atoms with E-state index in [2.05, 4.69) is 24.5 Å². The minimum atomic E-state index is -2.75. The van der Waals surface area contributed by atoms with E-state index in [0.717, 1.165) is 11.5 Å². The number of hydrogen-bond donors (Lipinski definition) is 2. The third-order valence-corrected chi connectivity index (χ3v) is 25.8. The van der Waals surface area contributed by atoms with E-state index in [9.17, 15) is 9.59 Å². The molecule has 2 aliphatic heterocycles. The quantitative estimate of drug-likeness (QED) is 0.0455. The molecule has 0 radical (unpaired) electrons. The Morgan fingerprint density at radius 1 is 0.467 bits per heavy atom. The molecule has 0 bridgehead atoms. The molecule has 0 saturated carbocycles. The summed E-state index contributed by atoms with van der Waals surface area (Å²) in [7, 11) is -5.51. The predicted molar refractivity (Wildman–Crippen MR) is 270 cm³/mol. The normalized spacial score (nSPS) is 14.8. The molecule has 0 spiro atoms. The molecule has 2 amide bonds. The average Bonchev–Trinajstić information content (AvgIpc) is 3.83. The maximum Gasteiger partial charge on any atom is 0.500 e. The van der Waals surface area contributed by atoms with E-state index in [4.69, 9.17) is 36.0 Å². The molecule has 22 heteroatoms. The van der Waals surface area contributed by atoms with Crippen molar-refractivity contribution in [2.45, 2.75) is 106 Å². The molecule has 12 nitrogen and oxygen atoms in total. The molecule has 0 aromatic heterocycles. The van der Waals surface area contributed by atoms with Crippen LogP contribution in [0.2, 0.25) is 12.1 Å².